The lowest BCUT2D eigenvalue weighted by atomic mass is 9.99. The number of hydrogen-bond donors (Lipinski definition) is 1. The fourth-order valence-corrected chi connectivity index (χ4v) is 1.39. The summed E-state index contributed by atoms with van der Waals surface area (Å²) in [5, 5.41) is 8.80. The van der Waals surface area contributed by atoms with Gasteiger partial charge in [0.15, 0.2) is 0 Å². The van der Waals surface area contributed by atoms with Gasteiger partial charge in [0.1, 0.15) is 0 Å². The third-order valence-corrected chi connectivity index (χ3v) is 2.39. The minimum Gasteiger partial charge on any atom is -0.481 e. The van der Waals surface area contributed by atoms with Crippen LogP contribution in [0.3, 0.4) is 0 Å². The largest absolute Gasteiger partial charge is 0.481 e. The number of rotatable bonds is 8. The first-order valence-electron chi connectivity index (χ1n) is 5.60. The van der Waals surface area contributed by atoms with E-state index in [0.29, 0.717) is 0 Å². The van der Waals surface area contributed by atoms with Crippen LogP contribution >= 0.6 is 0 Å². The van der Waals surface area contributed by atoms with Gasteiger partial charge in [0.2, 0.25) is 0 Å². The Balaban J connectivity index is 3.47. The van der Waals surface area contributed by atoms with E-state index < -0.39 is 5.97 Å². The molecule has 0 rings (SSSR count). The van der Waals surface area contributed by atoms with Crippen LogP contribution in [0.25, 0.3) is 0 Å². The van der Waals surface area contributed by atoms with Crippen LogP contribution in [0.15, 0.2) is 12.2 Å². The van der Waals surface area contributed by atoms with Crippen LogP contribution in [-0.2, 0) is 4.79 Å². The van der Waals surface area contributed by atoms with Crippen LogP contribution in [0.1, 0.15) is 52.4 Å². The molecule has 0 amide bonds. The second-order valence-electron chi connectivity index (χ2n) is 3.63. The molecule has 1 N–H and O–H groups in total. The molecule has 2 nitrogen and oxygen atoms in total. The van der Waals surface area contributed by atoms with Gasteiger partial charge in [-0.15, -0.1) is 0 Å². The van der Waals surface area contributed by atoms with Crippen LogP contribution < -0.4 is 0 Å². The molecule has 2 heteroatoms. The van der Waals surface area contributed by atoms with Crippen molar-refractivity contribution in [3.63, 3.8) is 0 Å². The molecule has 82 valence electrons. The van der Waals surface area contributed by atoms with E-state index in [-0.39, 0.29) is 5.92 Å². The van der Waals surface area contributed by atoms with Crippen LogP contribution in [-0.4, -0.2) is 11.1 Å². The van der Waals surface area contributed by atoms with Gasteiger partial charge in [-0.2, -0.15) is 0 Å². The van der Waals surface area contributed by atoms with E-state index >= 15 is 0 Å². The van der Waals surface area contributed by atoms with Crippen LogP contribution in [0, 0.1) is 5.92 Å². The minimum absolute atomic E-state index is 0.144. The molecular formula is C12H22O2. The molecule has 0 saturated heterocycles. The number of allylic oxidation sites excluding steroid dienone is 2. The number of carboxylic acids is 1. The molecule has 0 aromatic heterocycles. The van der Waals surface area contributed by atoms with Gasteiger partial charge < -0.3 is 5.11 Å². The molecule has 0 aliphatic carbocycles. The molecule has 0 aliphatic heterocycles. The third kappa shape index (κ3) is 6.70. The van der Waals surface area contributed by atoms with E-state index in [9.17, 15) is 4.79 Å². The normalized spacial score (nSPS) is 13.3. The summed E-state index contributed by atoms with van der Waals surface area (Å²) in [7, 11) is 0. The van der Waals surface area contributed by atoms with Crippen molar-refractivity contribution in [3.8, 4) is 0 Å². The molecule has 0 spiro atoms. The van der Waals surface area contributed by atoms with Crippen molar-refractivity contribution in [2.45, 2.75) is 52.4 Å². The molecule has 0 bridgehead atoms. The van der Waals surface area contributed by atoms with E-state index in [1.54, 1.807) is 0 Å². The molecule has 0 fully saturated rings. The molecule has 0 aromatic rings. The average molecular weight is 198 g/mol. The first kappa shape index (κ1) is 13.2. The van der Waals surface area contributed by atoms with Crippen molar-refractivity contribution in [3.05, 3.63) is 12.2 Å². The lowest BCUT2D eigenvalue weighted by Crippen LogP contribution is -2.11. The smallest absolute Gasteiger partial charge is 0.306 e. The number of unbranched alkanes of at least 4 members (excludes halogenated alkanes) is 2. The maximum Gasteiger partial charge on any atom is 0.306 e. The van der Waals surface area contributed by atoms with Crippen molar-refractivity contribution >= 4 is 5.97 Å². The Morgan fingerprint density at radius 3 is 2.43 bits per heavy atom. The highest BCUT2D eigenvalue weighted by molar-refractivity contribution is 5.69. The Kier molecular flexibility index (Phi) is 8.30. The quantitative estimate of drug-likeness (QED) is 0.477. The van der Waals surface area contributed by atoms with Gasteiger partial charge in [-0.3, -0.25) is 4.79 Å². The topological polar surface area (TPSA) is 37.3 Å². The van der Waals surface area contributed by atoms with Crippen LogP contribution in [0.2, 0.25) is 0 Å². The molecule has 0 radical (unpaired) electrons. The van der Waals surface area contributed by atoms with E-state index in [0.717, 1.165) is 32.1 Å². The highest BCUT2D eigenvalue weighted by Gasteiger charge is 2.13. The summed E-state index contributed by atoms with van der Waals surface area (Å²) in [5.74, 6) is -0.792. The summed E-state index contributed by atoms with van der Waals surface area (Å²) in [5.41, 5.74) is 0. The maximum absolute atomic E-state index is 10.7. The molecule has 1 atom stereocenters. The molecular weight excluding hydrogens is 176 g/mol. The van der Waals surface area contributed by atoms with Crippen molar-refractivity contribution < 1.29 is 9.90 Å². The Bertz CT molecular complexity index is 173. The van der Waals surface area contributed by atoms with Crippen LogP contribution in [0.4, 0.5) is 0 Å². The monoisotopic (exact) mass is 198 g/mol. The van der Waals surface area contributed by atoms with Gasteiger partial charge in [0, 0.05) is 0 Å². The van der Waals surface area contributed by atoms with Crippen molar-refractivity contribution in [2.24, 2.45) is 5.92 Å². The zero-order valence-corrected chi connectivity index (χ0v) is 9.33. The fourth-order valence-electron chi connectivity index (χ4n) is 1.39. The number of carbonyl (C=O) groups is 1. The van der Waals surface area contributed by atoms with E-state index in [1.807, 2.05) is 6.92 Å². The minimum atomic E-state index is -0.648. The van der Waals surface area contributed by atoms with Gasteiger partial charge in [0.05, 0.1) is 5.92 Å². The predicted octanol–water partition coefficient (Wildman–Crippen LogP) is 3.62. The zero-order chi connectivity index (χ0) is 10.8. The van der Waals surface area contributed by atoms with E-state index in [4.69, 9.17) is 5.11 Å². The summed E-state index contributed by atoms with van der Waals surface area (Å²) in [6, 6.07) is 0. The van der Waals surface area contributed by atoms with E-state index in [2.05, 4.69) is 19.1 Å². The lowest BCUT2D eigenvalue weighted by Gasteiger charge is -2.07. The fraction of sp³-hybridized carbons (Fsp3) is 0.750. The van der Waals surface area contributed by atoms with E-state index in [1.165, 1.54) is 6.42 Å². The average Bonchev–Trinajstić information content (AvgIpc) is 2.16. The number of carboxylic acid groups (broad SMARTS) is 1. The zero-order valence-electron chi connectivity index (χ0n) is 9.33. The van der Waals surface area contributed by atoms with Crippen LogP contribution in [0.5, 0.6) is 0 Å². The summed E-state index contributed by atoms with van der Waals surface area (Å²) in [6.07, 6.45) is 10.2. The van der Waals surface area contributed by atoms with Gasteiger partial charge in [-0.1, -0.05) is 32.4 Å². The summed E-state index contributed by atoms with van der Waals surface area (Å²) >= 11 is 0. The van der Waals surface area contributed by atoms with Gasteiger partial charge in [-0.25, -0.2) is 0 Å². The summed E-state index contributed by atoms with van der Waals surface area (Å²) < 4.78 is 0. The summed E-state index contributed by atoms with van der Waals surface area (Å²) in [6.45, 7) is 4.09. The van der Waals surface area contributed by atoms with Gasteiger partial charge >= 0.3 is 5.97 Å². The second-order valence-corrected chi connectivity index (χ2v) is 3.63. The lowest BCUT2D eigenvalue weighted by molar-refractivity contribution is -0.142. The molecule has 0 heterocycles. The number of hydrogen-bond acceptors (Lipinski definition) is 1. The Labute approximate surface area is 87.0 Å². The molecule has 14 heavy (non-hydrogen) atoms. The Morgan fingerprint density at radius 2 is 1.93 bits per heavy atom. The van der Waals surface area contributed by atoms with Gasteiger partial charge in [-0.05, 0) is 32.1 Å². The number of aliphatic carboxylic acids is 1. The highest BCUT2D eigenvalue weighted by atomic mass is 16.4. The SMILES string of the molecule is CCCC=CCCCC(CC)C(=O)O. The van der Waals surface area contributed by atoms with Crippen molar-refractivity contribution in [1.29, 1.82) is 0 Å². The van der Waals surface area contributed by atoms with Crippen molar-refractivity contribution in [1.82, 2.24) is 0 Å². The first-order valence-corrected chi connectivity index (χ1v) is 5.60. The standard InChI is InChI=1S/C12H22O2/c1-3-5-6-7-8-9-10-11(4-2)12(13)14/h6-7,11H,3-5,8-10H2,1-2H3,(H,13,14). The summed E-state index contributed by atoms with van der Waals surface area (Å²) in [4.78, 5) is 10.7. The Hall–Kier alpha value is -0.790. The molecule has 0 aromatic carbocycles. The molecule has 1 unspecified atom stereocenters. The third-order valence-electron chi connectivity index (χ3n) is 2.39. The highest BCUT2D eigenvalue weighted by Crippen LogP contribution is 2.12. The molecule has 0 saturated carbocycles. The first-order chi connectivity index (χ1) is 6.72. The molecule has 0 aliphatic rings. The predicted molar refractivity (Wildman–Crippen MR) is 59.3 cm³/mol. The van der Waals surface area contributed by atoms with Crippen molar-refractivity contribution in [2.75, 3.05) is 0 Å². The maximum atomic E-state index is 10.7. The van der Waals surface area contributed by atoms with Gasteiger partial charge in [0.25, 0.3) is 0 Å². The second kappa shape index (κ2) is 8.79. The Morgan fingerprint density at radius 1 is 1.29 bits per heavy atom.